The standard InChI is InChI=1S/C24H26N2O6S/c1-17-5-12-21(13-6-17)33(28,29)26(2)18-7-9-19(10-8-18)32-16-24(27)25-22-15-20(30-3)11-14-23(22)31-4/h5-15H,16H2,1-4H3,(H,25,27). The number of anilines is 2. The topological polar surface area (TPSA) is 94.2 Å². The molecule has 0 unspecified atom stereocenters. The minimum Gasteiger partial charge on any atom is -0.497 e. The summed E-state index contributed by atoms with van der Waals surface area (Å²) in [6, 6.07) is 18.2. The summed E-state index contributed by atoms with van der Waals surface area (Å²) in [6.45, 7) is 1.66. The normalized spacial score (nSPS) is 10.9. The Kier molecular flexibility index (Phi) is 7.44. The van der Waals surface area contributed by atoms with Crippen molar-refractivity contribution in [1.82, 2.24) is 0 Å². The van der Waals surface area contributed by atoms with Crippen LogP contribution in [0.3, 0.4) is 0 Å². The van der Waals surface area contributed by atoms with Crippen molar-refractivity contribution in [2.45, 2.75) is 11.8 Å². The van der Waals surface area contributed by atoms with Crippen LogP contribution in [-0.4, -0.2) is 42.2 Å². The fraction of sp³-hybridized carbons (Fsp3) is 0.208. The van der Waals surface area contributed by atoms with Crippen LogP contribution in [0.4, 0.5) is 11.4 Å². The maximum atomic E-state index is 12.8. The Labute approximate surface area is 193 Å². The number of aryl methyl sites for hydroxylation is 1. The minimum atomic E-state index is -3.69. The molecule has 9 heteroatoms. The third kappa shape index (κ3) is 5.75. The number of sulfonamides is 1. The molecule has 3 aromatic carbocycles. The molecule has 0 radical (unpaired) electrons. The van der Waals surface area contributed by atoms with E-state index in [1.807, 2.05) is 6.92 Å². The predicted octanol–water partition coefficient (Wildman–Crippen LogP) is 3.85. The van der Waals surface area contributed by atoms with Crippen LogP contribution in [0.15, 0.2) is 71.6 Å². The lowest BCUT2D eigenvalue weighted by Crippen LogP contribution is -2.26. The van der Waals surface area contributed by atoms with Crippen LogP contribution < -0.4 is 23.8 Å². The number of nitrogens with zero attached hydrogens (tertiary/aromatic N) is 1. The maximum absolute atomic E-state index is 12.8. The Morgan fingerprint density at radius 1 is 0.909 bits per heavy atom. The molecule has 0 spiro atoms. The summed E-state index contributed by atoms with van der Waals surface area (Å²) in [5.74, 6) is 1.11. The highest BCUT2D eigenvalue weighted by Crippen LogP contribution is 2.29. The average Bonchev–Trinajstić information content (AvgIpc) is 2.82. The van der Waals surface area contributed by atoms with Gasteiger partial charge in [0.1, 0.15) is 17.2 Å². The van der Waals surface area contributed by atoms with E-state index in [4.69, 9.17) is 14.2 Å². The molecule has 33 heavy (non-hydrogen) atoms. The zero-order chi connectivity index (χ0) is 24.0. The van der Waals surface area contributed by atoms with Gasteiger partial charge in [0.15, 0.2) is 6.61 Å². The quantitative estimate of drug-likeness (QED) is 0.511. The highest BCUT2D eigenvalue weighted by molar-refractivity contribution is 7.92. The van der Waals surface area contributed by atoms with Gasteiger partial charge < -0.3 is 19.5 Å². The number of nitrogens with one attached hydrogen (secondary N) is 1. The Morgan fingerprint density at radius 2 is 1.55 bits per heavy atom. The van der Waals surface area contributed by atoms with Gasteiger partial charge >= 0.3 is 0 Å². The highest BCUT2D eigenvalue weighted by Gasteiger charge is 2.21. The molecule has 0 heterocycles. The lowest BCUT2D eigenvalue weighted by molar-refractivity contribution is -0.118. The van der Waals surface area contributed by atoms with Crippen LogP contribution >= 0.6 is 0 Å². The Morgan fingerprint density at radius 3 is 2.15 bits per heavy atom. The predicted molar refractivity (Wildman–Crippen MR) is 127 cm³/mol. The fourth-order valence-corrected chi connectivity index (χ4v) is 4.20. The number of carbonyl (C=O) groups excluding carboxylic acids is 1. The van der Waals surface area contributed by atoms with Crippen LogP contribution in [0.5, 0.6) is 17.2 Å². The molecule has 0 saturated carbocycles. The molecular formula is C24H26N2O6S. The molecule has 0 aromatic heterocycles. The van der Waals surface area contributed by atoms with E-state index in [0.29, 0.717) is 28.6 Å². The molecule has 174 valence electrons. The smallest absolute Gasteiger partial charge is 0.264 e. The van der Waals surface area contributed by atoms with Gasteiger partial charge in [-0.3, -0.25) is 9.10 Å². The zero-order valence-corrected chi connectivity index (χ0v) is 19.7. The lowest BCUT2D eigenvalue weighted by atomic mass is 10.2. The molecule has 0 atom stereocenters. The molecular weight excluding hydrogens is 444 g/mol. The van der Waals surface area contributed by atoms with Crippen LogP contribution in [0, 0.1) is 6.92 Å². The van der Waals surface area contributed by atoms with Gasteiger partial charge in [0, 0.05) is 13.1 Å². The molecule has 3 aromatic rings. The first-order chi connectivity index (χ1) is 15.7. The summed E-state index contributed by atoms with van der Waals surface area (Å²) in [6.07, 6.45) is 0. The van der Waals surface area contributed by atoms with Gasteiger partial charge in [0.25, 0.3) is 15.9 Å². The van der Waals surface area contributed by atoms with E-state index in [9.17, 15) is 13.2 Å². The average molecular weight is 471 g/mol. The van der Waals surface area contributed by atoms with Gasteiger partial charge in [-0.25, -0.2) is 8.42 Å². The van der Waals surface area contributed by atoms with Crippen molar-refractivity contribution in [3.8, 4) is 17.2 Å². The van der Waals surface area contributed by atoms with Crippen molar-refractivity contribution >= 4 is 27.3 Å². The van der Waals surface area contributed by atoms with E-state index in [1.165, 1.54) is 25.6 Å². The van der Waals surface area contributed by atoms with Crippen LogP contribution in [0.25, 0.3) is 0 Å². The third-order valence-corrected chi connectivity index (χ3v) is 6.73. The zero-order valence-electron chi connectivity index (χ0n) is 18.9. The van der Waals surface area contributed by atoms with Gasteiger partial charge in [-0.1, -0.05) is 17.7 Å². The first kappa shape index (κ1) is 23.9. The van der Waals surface area contributed by atoms with E-state index in [1.54, 1.807) is 66.7 Å². The Hall–Kier alpha value is -3.72. The van der Waals surface area contributed by atoms with Gasteiger partial charge in [-0.05, 0) is 55.5 Å². The van der Waals surface area contributed by atoms with Crippen molar-refractivity contribution in [1.29, 1.82) is 0 Å². The fourth-order valence-electron chi connectivity index (χ4n) is 3.01. The SMILES string of the molecule is COc1ccc(OC)c(NC(=O)COc2ccc(N(C)S(=O)(=O)c3ccc(C)cc3)cc2)c1. The van der Waals surface area contributed by atoms with Crippen molar-refractivity contribution in [2.24, 2.45) is 0 Å². The van der Waals surface area contributed by atoms with E-state index in [-0.39, 0.29) is 17.4 Å². The summed E-state index contributed by atoms with van der Waals surface area (Å²) in [4.78, 5) is 12.5. The largest absolute Gasteiger partial charge is 0.497 e. The maximum Gasteiger partial charge on any atom is 0.264 e. The summed E-state index contributed by atoms with van der Waals surface area (Å²) in [5.41, 5.74) is 1.91. The third-order valence-electron chi connectivity index (χ3n) is 4.93. The van der Waals surface area contributed by atoms with E-state index in [2.05, 4.69) is 5.32 Å². The number of ether oxygens (including phenoxy) is 3. The van der Waals surface area contributed by atoms with Crippen molar-refractivity contribution < 1.29 is 27.4 Å². The molecule has 0 bridgehead atoms. The van der Waals surface area contributed by atoms with Crippen LogP contribution in [0.1, 0.15) is 5.56 Å². The molecule has 8 nitrogen and oxygen atoms in total. The number of amides is 1. The summed E-state index contributed by atoms with van der Waals surface area (Å²) in [7, 11) is 0.835. The summed E-state index contributed by atoms with van der Waals surface area (Å²) in [5, 5.41) is 2.72. The number of hydrogen-bond donors (Lipinski definition) is 1. The second kappa shape index (κ2) is 10.3. The first-order valence-electron chi connectivity index (χ1n) is 10.0. The molecule has 1 amide bonds. The monoisotopic (exact) mass is 470 g/mol. The number of hydrogen-bond acceptors (Lipinski definition) is 6. The molecule has 0 aliphatic rings. The number of methoxy groups -OCH3 is 2. The summed E-state index contributed by atoms with van der Waals surface area (Å²) >= 11 is 0. The molecule has 0 saturated heterocycles. The van der Waals surface area contributed by atoms with Crippen molar-refractivity contribution in [3.63, 3.8) is 0 Å². The van der Waals surface area contributed by atoms with Crippen LogP contribution in [0.2, 0.25) is 0 Å². The first-order valence-corrected chi connectivity index (χ1v) is 11.5. The number of benzene rings is 3. The second-order valence-corrected chi connectivity index (χ2v) is 9.15. The Balaban J connectivity index is 1.63. The Bertz CT molecular complexity index is 1210. The molecule has 0 aliphatic heterocycles. The van der Waals surface area contributed by atoms with Gasteiger partial charge in [0.05, 0.1) is 30.5 Å². The van der Waals surface area contributed by atoms with Crippen LogP contribution in [-0.2, 0) is 14.8 Å². The molecule has 0 fully saturated rings. The lowest BCUT2D eigenvalue weighted by Gasteiger charge is -2.20. The van der Waals surface area contributed by atoms with Gasteiger partial charge in [-0.2, -0.15) is 0 Å². The van der Waals surface area contributed by atoms with E-state index >= 15 is 0 Å². The van der Waals surface area contributed by atoms with E-state index in [0.717, 1.165) is 5.56 Å². The van der Waals surface area contributed by atoms with E-state index < -0.39 is 10.0 Å². The van der Waals surface area contributed by atoms with Gasteiger partial charge in [-0.15, -0.1) is 0 Å². The minimum absolute atomic E-state index is 0.209. The van der Waals surface area contributed by atoms with Crippen molar-refractivity contribution in [3.05, 3.63) is 72.3 Å². The van der Waals surface area contributed by atoms with Crippen molar-refractivity contribution in [2.75, 3.05) is 37.5 Å². The number of rotatable bonds is 9. The summed E-state index contributed by atoms with van der Waals surface area (Å²) < 4.78 is 42.8. The molecule has 3 rings (SSSR count). The second-order valence-electron chi connectivity index (χ2n) is 7.18. The number of carbonyl (C=O) groups is 1. The highest BCUT2D eigenvalue weighted by atomic mass is 32.2. The van der Waals surface area contributed by atoms with Gasteiger partial charge in [0.2, 0.25) is 0 Å². The molecule has 0 aliphatic carbocycles. The molecule has 1 N–H and O–H groups in total.